The van der Waals surface area contributed by atoms with Crippen molar-refractivity contribution in [2.45, 2.75) is 45.8 Å². The summed E-state index contributed by atoms with van der Waals surface area (Å²) in [6, 6.07) is -0.271. The molecule has 1 aromatic rings. The van der Waals surface area contributed by atoms with Crippen molar-refractivity contribution in [3.63, 3.8) is 0 Å². The number of carbonyl (C=O) groups is 2. The maximum absolute atomic E-state index is 11.8. The van der Waals surface area contributed by atoms with E-state index in [-0.39, 0.29) is 18.2 Å². The average Bonchev–Trinajstić information content (AvgIpc) is 2.65. The lowest BCUT2D eigenvalue weighted by Crippen LogP contribution is -2.38. The summed E-state index contributed by atoms with van der Waals surface area (Å²) in [6.07, 6.45) is 1.26. The third-order valence-corrected chi connectivity index (χ3v) is 2.60. The average molecular weight is 270 g/mol. The van der Waals surface area contributed by atoms with Crippen LogP contribution >= 0.6 is 11.5 Å². The van der Waals surface area contributed by atoms with Crippen molar-refractivity contribution < 1.29 is 14.3 Å². The minimum absolute atomic E-state index is 0.0349. The number of carbonyl (C=O) groups excluding carboxylic acids is 2. The molecule has 0 aliphatic carbocycles. The lowest BCUT2D eigenvalue weighted by molar-refractivity contribution is 0.0506. The molecule has 0 bridgehead atoms. The van der Waals surface area contributed by atoms with E-state index in [0.717, 1.165) is 0 Å². The van der Waals surface area contributed by atoms with Crippen molar-refractivity contribution in [2.24, 2.45) is 0 Å². The van der Waals surface area contributed by atoms with Crippen molar-refractivity contribution in [2.75, 3.05) is 0 Å². The van der Waals surface area contributed by atoms with E-state index in [0.29, 0.717) is 5.56 Å². The lowest BCUT2D eigenvalue weighted by atomic mass is 10.1. The van der Waals surface area contributed by atoms with Crippen LogP contribution in [0.3, 0.4) is 0 Å². The Morgan fingerprint density at radius 3 is 2.67 bits per heavy atom. The molecule has 6 heteroatoms. The number of rotatable bonds is 4. The summed E-state index contributed by atoms with van der Waals surface area (Å²) in [4.78, 5) is 23.2. The van der Waals surface area contributed by atoms with E-state index < -0.39 is 11.7 Å². The van der Waals surface area contributed by atoms with Crippen LogP contribution in [0.25, 0.3) is 0 Å². The predicted octanol–water partition coefficient (Wildman–Crippen LogP) is 2.63. The number of amides is 1. The van der Waals surface area contributed by atoms with E-state index in [1.54, 1.807) is 33.1 Å². The molecule has 0 aromatic carbocycles. The van der Waals surface area contributed by atoms with Crippen molar-refractivity contribution >= 4 is 23.4 Å². The molecule has 0 saturated carbocycles. The standard InChI is InChI=1S/C12H18N2O3S/c1-8(14-11(16)17-12(2,3)4)5-10(15)9-6-13-18-7-9/h6-8H,5H2,1-4H3,(H,14,16). The molecule has 1 N–H and O–H groups in total. The van der Waals surface area contributed by atoms with Crippen LogP contribution in [0.1, 0.15) is 44.5 Å². The summed E-state index contributed by atoms with van der Waals surface area (Å²) >= 11 is 1.23. The van der Waals surface area contributed by atoms with Gasteiger partial charge < -0.3 is 10.1 Å². The van der Waals surface area contributed by atoms with Gasteiger partial charge in [-0.25, -0.2) is 9.17 Å². The van der Waals surface area contributed by atoms with Crippen LogP contribution in [-0.4, -0.2) is 27.9 Å². The predicted molar refractivity (Wildman–Crippen MR) is 69.9 cm³/mol. The largest absolute Gasteiger partial charge is 0.444 e. The van der Waals surface area contributed by atoms with Crippen LogP contribution in [0.5, 0.6) is 0 Å². The molecule has 1 amide bonds. The molecule has 100 valence electrons. The molecule has 1 unspecified atom stereocenters. The number of nitrogens with one attached hydrogen (secondary N) is 1. The van der Waals surface area contributed by atoms with Gasteiger partial charge in [0.05, 0.1) is 6.20 Å². The molecular weight excluding hydrogens is 252 g/mol. The molecule has 0 aliphatic heterocycles. The first-order valence-corrected chi connectivity index (χ1v) is 6.53. The first kappa shape index (κ1) is 14.6. The molecule has 0 aliphatic rings. The summed E-state index contributed by atoms with van der Waals surface area (Å²) in [5.41, 5.74) is 0.0447. The number of ketones is 1. The minimum atomic E-state index is -0.537. The fraction of sp³-hybridized carbons (Fsp3) is 0.583. The Labute approximate surface area is 111 Å². The fourth-order valence-corrected chi connectivity index (χ4v) is 1.84. The molecule has 0 saturated heterocycles. The van der Waals surface area contributed by atoms with Crippen LogP contribution in [0.4, 0.5) is 4.79 Å². The second-order valence-corrected chi connectivity index (χ2v) is 5.75. The van der Waals surface area contributed by atoms with Gasteiger partial charge in [0.2, 0.25) is 0 Å². The van der Waals surface area contributed by atoms with Crippen LogP contribution in [0.2, 0.25) is 0 Å². The van der Waals surface area contributed by atoms with Gasteiger partial charge in [0.1, 0.15) is 5.60 Å². The van der Waals surface area contributed by atoms with Crippen LogP contribution in [0.15, 0.2) is 11.6 Å². The summed E-state index contributed by atoms with van der Waals surface area (Å²) < 4.78 is 8.98. The third-order valence-electron chi connectivity index (χ3n) is 2.01. The molecule has 1 rings (SSSR count). The molecule has 1 heterocycles. The Bertz CT molecular complexity index is 409. The fourth-order valence-electron chi connectivity index (χ4n) is 1.30. The summed E-state index contributed by atoms with van der Waals surface area (Å²) in [6.45, 7) is 7.14. The van der Waals surface area contributed by atoms with E-state index in [2.05, 4.69) is 9.69 Å². The number of hydrogen-bond donors (Lipinski definition) is 1. The Morgan fingerprint density at radius 1 is 1.50 bits per heavy atom. The third kappa shape index (κ3) is 5.27. The normalized spacial score (nSPS) is 12.9. The van der Waals surface area contributed by atoms with Crippen molar-refractivity contribution in [1.29, 1.82) is 0 Å². The van der Waals surface area contributed by atoms with Crippen molar-refractivity contribution in [1.82, 2.24) is 9.69 Å². The molecule has 5 nitrogen and oxygen atoms in total. The van der Waals surface area contributed by atoms with Crippen molar-refractivity contribution in [3.05, 3.63) is 17.1 Å². The van der Waals surface area contributed by atoms with Gasteiger partial charge in [-0.15, -0.1) is 0 Å². The Balaban J connectivity index is 2.40. The summed E-state index contributed by atoms with van der Waals surface area (Å²) in [7, 11) is 0. The maximum atomic E-state index is 11.8. The molecule has 0 fully saturated rings. The van der Waals surface area contributed by atoms with E-state index in [9.17, 15) is 9.59 Å². The van der Waals surface area contributed by atoms with Gasteiger partial charge in [-0.3, -0.25) is 4.79 Å². The monoisotopic (exact) mass is 270 g/mol. The zero-order valence-electron chi connectivity index (χ0n) is 11.0. The maximum Gasteiger partial charge on any atom is 0.407 e. The van der Waals surface area contributed by atoms with Gasteiger partial charge >= 0.3 is 6.09 Å². The highest BCUT2D eigenvalue weighted by molar-refractivity contribution is 7.03. The number of alkyl carbamates (subject to hydrolysis) is 1. The van der Waals surface area contributed by atoms with Gasteiger partial charge in [0, 0.05) is 23.4 Å². The number of Topliss-reactive ketones (excluding diaryl/α,β-unsaturated/α-hetero) is 1. The van der Waals surface area contributed by atoms with E-state index in [1.165, 1.54) is 17.7 Å². The van der Waals surface area contributed by atoms with Crippen LogP contribution < -0.4 is 5.32 Å². The lowest BCUT2D eigenvalue weighted by Gasteiger charge is -2.21. The van der Waals surface area contributed by atoms with Crippen LogP contribution in [-0.2, 0) is 4.74 Å². The Morgan fingerprint density at radius 2 is 2.17 bits per heavy atom. The second kappa shape index (κ2) is 5.95. The summed E-state index contributed by atoms with van der Waals surface area (Å²) in [5.74, 6) is -0.0349. The van der Waals surface area contributed by atoms with E-state index >= 15 is 0 Å². The van der Waals surface area contributed by atoms with Crippen LogP contribution in [0, 0.1) is 0 Å². The molecule has 0 spiro atoms. The number of hydrogen-bond acceptors (Lipinski definition) is 5. The van der Waals surface area contributed by atoms with Gasteiger partial charge in [0.25, 0.3) is 0 Å². The molecule has 1 aromatic heterocycles. The first-order valence-electron chi connectivity index (χ1n) is 5.70. The number of aromatic nitrogens is 1. The number of ether oxygens (including phenoxy) is 1. The highest BCUT2D eigenvalue weighted by Gasteiger charge is 2.19. The Hall–Kier alpha value is -1.43. The topological polar surface area (TPSA) is 68.3 Å². The van der Waals surface area contributed by atoms with E-state index in [4.69, 9.17) is 4.74 Å². The highest BCUT2D eigenvalue weighted by Crippen LogP contribution is 2.09. The van der Waals surface area contributed by atoms with Crippen molar-refractivity contribution in [3.8, 4) is 0 Å². The smallest absolute Gasteiger partial charge is 0.407 e. The Kier molecular flexibility index (Phi) is 4.84. The zero-order chi connectivity index (χ0) is 13.8. The molecule has 18 heavy (non-hydrogen) atoms. The highest BCUT2D eigenvalue weighted by atomic mass is 32.1. The summed E-state index contributed by atoms with van der Waals surface area (Å²) in [5, 5.41) is 4.33. The number of nitrogens with zero attached hydrogens (tertiary/aromatic N) is 1. The van der Waals surface area contributed by atoms with Gasteiger partial charge in [-0.05, 0) is 39.2 Å². The molecule has 1 atom stereocenters. The molecular formula is C12H18N2O3S. The molecule has 0 radical (unpaired) electrons. The van der Waals surface area contributed by atoms with Gasteiger partial charge in [-0.2, -0.15) is 0 Å². The van der Waals surface area contributed by atoms with Gasteiger partial charge in [0.15, 0.2) is 5.78 Å². The first-order chi connectivity index (χ1) is 8.28. The van der Waals surface area contributed by atoms with E-state index in [1.807, 2.05) is 0 Å². The minimum Gasteiger partial charge on any atom is -0.444 e. The second-order valence-electron chi connectivity index (χ2n) is 5.09. The SMILES string of the molecule is CC(CC(=O)c1cnsc1)NC(=O)OC(C)(C)C. The quantitative estimate of drug-likeness (QED) is 0.854. The zero-order valence-corrected chi connectivity index (χ0v) is 11.8. The van der Waals surface area contributed by atoms with Gasteiger partial charge in [-0.1, -0.05) is 0 Å².